The second kappa shape index (κ2) is 4.86. The van der Waals surface area contributed by atoms with Crippen LogP contribution in [0, 0.1) is 11.3 Å². The largest absolute Gasteiger partial charge is 0.399 e. The number of hydrogen-bond acceptors (Lipinski definition) is 4. The van der Waals surface area contributed by atoms with Gasteiger partial charge in [-0.1, -0.05) is 0 Å². The molecule has 0 aromatic heterocycles. The molecule has 1 aromatic carbocycles. The number of nitriles is 1. The van der Waals surface area contributed by atoms with Crippen molar-refractivity contribution in [2.45, 2.75) is 18.9 Å². The minimum atomic E-state index is 0.268. The maximum atomic E-state index is 8.96. The number of nitrogens with one attached hydrogen (secondary N) is 1. The molecule has 1 fully saturated rings. The van der Waals surface area contributed by atoms with E-state index in [4.69, 9.17) is 15.7 Å². The van der Waals surface area contributed by atoms with Crippen molar-refractivity contribution in [1.29, 1.82) is 5.26 Å². The van der Waals surface area contributed by atoms with Gasteiger partial charge in [0.1, 0.15) is 6.07 Å². The molecule has 2 rings (SSSR count). The summed E-state index contributed by atoms with van der Waals surface area (Å²) < 4.78 is 5.50. The van der Waals surface area contributed by atoms with E-state index in [0.717, 1.165) is 31.7 Å². The lowest BCUT2D eigenvalue weighted by molar-refractivity contribution is 0.120. The minimum absolute atomic E-state index is 0.268. The lowest BCUT2D eigenvalue weighted by Crippen LogP contribution is -2.18. The Labute approximate surface area is 95.0 Å². The van der Waals surface area contributed by atoms with Crippen molar-refractivity contribution < 1.29 is 4.74 Å². The van der Waals surface area contributed by atoms with E-state index >= 15 is 0 Å². The van der Waals surface area contributed by atoms with Crippen LogP contribution in [0.4, 0.5) is 11.4 Å². The van der Waals surface area contributed by atoms with Crippen LogP contribution in [-0.2, 0) is 4.74 Å². The molecule has 3 N–H and O–H groups in total. The Kier molecular flexibility index (Phi) is 3.28. The Morgan fingerprint density at radius 2 is 2.44 bits per heavy atom. The number of hydrogen-bond donors (Lipinski definition) is 2. The Hall–Kier alpha value is -1.73. The zero-order chi connectivity index (χ0) is 11.4. The van der Waals surface area contributed by atoms with Crippen molar-refractivity contribution in [2.75, 3.05) is 24.2 Å². The number of benzene rings is 1. The summed E-state index contributed by atoms with van der Waals surface area (Å²) in [5, 5.41) is 12.2. The zero-order valence-corrected chi connectivity index (χ0v) is 9.07. The molecule has 84 valence electrons. The third-order valence-electron chi connectivity index (χ3n) is 2.71. The van der Waals surface area contributed by atoms with Crippen molar-refractivity contribution >= 4 is 11.4 Å². The van der Waals surface area contributed by atoms with Crippen molar-refractivity contribution in [3.05, 3.63) is 23.8 Å². The van der Waals surface area contributed by atoms with Crippen LogP contribution in [0.15, 0.2) is 18.2 Å². The Balaban J connectivity index is 2.00. The highest BCUT2D eigenvalue weighted by Crippen LogP contribution is 2.19. The second-order valence-corrected chi connectivity index (χ2v) is 3.93. The van der Waals surface area contributed by atoms with Gasteiger partial charge in [-0.25, -0.2) is 0 Å². The molecule has 1 heterocycles. The molecule has 0 saturated carbocycles. The van der Waals surface area contributed by atoms with Gasteiger partial charge >= 0.3 is 0 Å². The van der Waals surface area contributed by atoms with E-state index in [0.29, 0.717) is 11.3 Å². The van der Waals surface area contributed by atoms with Crippen LogP contribution in [0.3, 0.4) is 0 Å². The van der Waals surface area contributed by atoms with Gasteiger partial charge in [0, 0.05) is 18.8 Å². The lowest BCUT2D eigenvalue weighted by atomic mass is 10.1. The second-order valence-electron chi connectivity index (χ2n) is 3.93. The summed E-state index contributed by atoms with van der Waals surface area (Å²) >= 11 is 0. The van der Waals surface area contributed by atoms with Crippen molar-refractivity contribution in [1.82, 2.24) is 0 Å². The van der Waals surface area contributed by atoms with Crippen LogP contribution in [0.25, 0.3) is 0 Å². The first kappa shape index (κ1) is 10.8. The van der Waals surface area contributed by atoms with Crippen molar-refractivity contribution in [3.8, 4) is 6.07 Å². The molecule has 4 heteroatoms. The van der Waals surface area contributed by atoms with E-state index in [1.807, 2.05) is 6.07 Å². The molecule has 0 bridgehead atoms. The Morgan fingerprint density at radius 1 is 1.56 bits per heavy atom. The quantitative estimate of drug-likeness (QED) is 0.756. The molecule has 16 heavy (non-hydrogen) atoms. The van der Waals surface area contributed by atoms with Crippen LogP contribution in [0.1, 0.15) is 18.4 Å². The fourth-order valence-electron chi connectivity index (χ4n) is 1.84. The van der Waals surface area contributed by atoms with Gasteiger partial charge in [0.25, 0.3) is 0 Å². The summed E-state index contributed by atoms with van der Waals surface area (Å²) in [6, 6.07) is 7.43. The van der Waals surface area contributed by atoms with E-state index in [-0.39, 0.29) is 6.10 Å². The normalized spacial score (nSPS) is 19.3. The molecule has 0 amide bonds. The first-order valence-corrected chi connectivity index (χ1v) is 5.44. The molecule has 0 aliphatic carbocycles. The summed E-state index contributed by atoms with van der Waals surface area (Å²) in [6.45, 7) is 1.60. The minimum Gasteiger partial charge on any atom is -0.399 e. The topological polar surface area (TPSA) is 71.1 Å². The number of ether oxygens (including phenoxy) is 1. The third-order valence-corrected chi connectivity index (χ3v) is 2.71. The van der Waals surface area contributed by atoms with Crippen LogP contribution >= 0.6 is 0 Å². The molecule has 1 saturated heterocycles. The summed E-state index contributed by atoms with van der Waals surface area (Å²) in [7, 11) is 0. The highest BCUT2D eigenvalue weighted by molar-refractivity contribution is 5.62. The maximum Gasteiger partial charge on any atom is 0.101 e. The van der Waals surface area contributed by atoms with Crippen molar-refractivity contribution in [2.24, 2.45) is 0 Å². The third kappa shape index (κ3) is 2.44. The number of rotatable bonds is 3. The van der Waals surface area contributed by atoms with E-state index in [1.165, 1.54) is 0 Å². The number of nitrogens with zero attached hydrogens (tertiary/aromatic N) is 1. The number of nitrogen functional groups attached to an aromatic ring is 1. The van der Waals surface area contributed by atoms with E-state index in [1.54, 1.807) is 12.1 Å². The molecule has 1 aliphatic heterocycles. The molecule has 0 spiro atoms. The van der Waals surface area contributed by atoms with E-state index < -0.39 is 0 Å². The molecule has 1 unspecified atom stereocenters. The molecule has 1 aromatic rings. The molecule has 0 radical (unpaired) electrons. The summed E-state index contributed by atoms with van der Waals surface area (Å²) in [4.78, 5) is 0. The molecule has 1 aliphatic rings. The first-order chi connectivity index (χ1) is 7.79. The van der Waals surface area contributed by atoms with Gasteiger partial charge in [0.15, 0.2) is 0 Å². The molecule has 4 nitrogen and oxygen atoms in total. The standard InChI is InChI=1S/C12H15N3O/c13-7-9-6-10(14)3-4-12(9)15-8-11-2-1-5-16-11/h3-4,6,11,15H,1-2,5,8,14H2. The van der Waals surface area contributed by atoms with Crippen LogP contribution in [0.5, 0.6) is 0 Å². The summed E-state index contributed by atoms with van der Waals surface area (Å²) in [6.07, 6.45) is 2.48. The average Bonchev–Trinajstić information content (AvgIpc) is 2.80. The predicted octanol–water partition coefficient (Wildman–Crippen LogP) is 1.73. The predicted molar refractivity (Wildman–Crippen MR) is 63.0 cm³/mol. The lowest BCUT2D eigenvalue weighted by Gasteiger charge is -2.13. The first-order valence-electron chi connectivity index (χ1n) is 5.44. The Bertz CT molecular complexity index is 405. The van der Waals surface area contributed by atoms with Crippen LogP contribution in [0.2, 0.25) is 0 Å². The fourth-order valence-corrected chi connectivity index (χ4v) is 1.84. The van der Waals surface area contributed by atoms with Crippen LogP contribution in [-0.4, -0.2) is 19.3 Å². The maximum absolute atomic E-state index is 8.96. The highest BCUT2D eigenvalue weighted by Gasteiger charge is 2.15. The van der Waals surface area contributed by atoms with E-state index in [2.05, 4.69) is 11.4 Å². The highest BCUT2D eigenvalue weighted by atomic mass is 16.5. The average molecular weight is 217 g/mol. The van der Waals surface area contributed by atoms with Gasteiger partial charge in [-0.3, -0.25) is 0 Å². The van der Waals surface area contributed by atoms with Gasteiger partial charge < -0.3 is 15.8 Å². The van der Waals surface area contributed by atoms with Gasteiger partial charge in [0.05, 0.1) is 17.4 Å². The monoisotopic (exact) mass is 217 g/mol. The molecular formula is C12H15N3O. The van der Waals surface area contributed by atoms with Gasteiger partial charge in [-0.05, 0) is 31.0 Å². The summed E-state index contributed by atoms with van der Waals surface area (Å²) in [5.74, 6) is 0. The van der Waals surface area contributed by atoms with Gasteiger partial charge in [-0.15, -0.1) is 0 Å². The molecule has 1 atom stereocenters. The van der Waals surface area contributed by atoms with Gasteiger partial charge in [-0.2, -0.15) is 5.26 Å². The smallest absolute Gasteiger partial charge is 0.101 e. The van der Waals surface area contributed by atoms with E-state index in [9.17, 15) is 0 Å². The number of anilines is 2. The van der Waals surface area contributed by atoms with Gasteiger partial charge in [0.2, 0.25) is 0 Å². The summed E-state index contributed by atoms with van der Waals surface area (Å²) in [5.41, 5.74) is 7.64. The number of nitrogens with two attached hydrogens (primary N) is 1. The fraction of sp³-hybridized carbons (Fsp3) is 0.417. The zero-order valence-electron chi connectivity index (χ0n) is 9.07. The van der Waals surface area contributed by atoms with Crippen LogP contribution < -0.4 is 11.1 Å². The van der Waals surface area contributed by atoms with Crippen molar-refractivity contribution in [3.63, 3.8) is 0 Å². The Morgan fingerprint density at radius 3 is 3.12 bits per heavy atom. The molecular weight excluding hydrogens is 202 g/mol. The SMILES string of the molecule is N#Cc1cc(N)ccc1NCC1CCCO1.